The molecule has 7 nitrogen and oxygen atoms in total. The van der Waals surface area contributed by atoms with Crippen molar-refractivity contribution in [3.63, 3.8) is 0 Å². The molecule has 176 valence electrons. The van der Waals surface area contributed by atoms with Gasteiger partial charge in [-0.25, -0.2) is 0 Å². The molecular weight excluding hydrogens is 432 g/mol. The monoisotopic (exact) mass is 460 g/mol. The summed E-state index contributed by atoms with van der Waals surface area (Å²) >= 11 is 0. The Morgan fingerprint density at radius 1 is 1.00 bits per heavy atom. The first-order valence-electron chi connectivity index (χ1n) is 10.9. The molecule has 0 aromatic heterocycles. The summed E-state index contributed by atoms with van der Waals surface area (Å²) in [4.78, 5) is 26.9. The van der Waals surface area contributed by atoms with Crippen molar-refractivity contribution < 1.29 is 23.8 Å². The number of nitriles is 1. The number of carbonyl (C=O) groups excluding carboxylic acids is 2. The number of nitrogens with zero attached hydrogens (tertiary/aromatic N) is 2. The molecule has 1 heterocycles. The average molecular weight is 461 g/mol. The van der Waals surface area contributed by atoms with E-state index in [-0.39, 0.29) is 12.1 Å². The van der Waals surface area contributed by atoms with E-state index in [2.05, 4.69) is 0 Å². The summed E-state index contributed by atoms with van der Waals surface area (Å²) in [6, 6.07) is 15.4. The van der Waals surface area contributed by atoms with Gasteiger partial charge in [0.05, 0.1) is 7.11 Å². The van der Waals surface area contributed by atoms with Gasteiger partial charge < -0.3 is 14.2 Å². The SMILES string of the molecule is COCCCN1C(=O)C(C#N)=C(C)/C(=C\c2ccc(OCc3ccc(C)cc3)c(OC)c2)C1=O. The molecule has 0 unspecified atom stereocenters. The summed E-state index contributed by atoms with van der Waals surface area (Å²) in [6.45, 7) is 4.62. The van der Waals surface area contributed by atoms with E-state index in [4.69, 9.17) is 14.2 Å². The van der Waals surface area contributed by atoms with E-state index in [1.54, 1.807) is 45.4 Å². The predicted octanol–water partition coefficient (Wildman–Crippen LogP) is 4.21. The fourth-order valence-electron chi connectivity index (χ4n) is 3.61. The fraction of sp³-hybridized carbons (Fsp3) is 0.296. The maximum atomic E-state index is 13.1. The van der Waals surface area contributed by atoms with E-state index >= 15 is 0 Å². The first-order valence-corrected chi connectivity index (χ1v) is 10.9. The third-order valence-electron chi connectivity index (χ3n) is 5.57. The van der Waals surface area contributed by atoms with Crippen LogP contribution in [0.1, 0.15) is 30.0 Å². The molecule has 0 radical (unpaired) electrons. The standard InChI is InChI=1S/C27H28N2O5/c1-18-6-8-20(9-7-18)17-34-24-11-10-21(15-25(24)33-4)14-22-19(2)23(16-28)27(31)29(26(22)30)12-5-13-32-3/h6-11,14-15H,5,12-13,17H2,1-4H3/b22-14+. The molecule has 1 aliphatic rings. The Hall–Kier alpha value is -3.89. The quantitative estimate of drug-likeness (QED) is 0.316. The summed E-state index contributed by atoms with van der Waals surface area (Å²) in [7, 11) is 3.10. The molecule has 0 spiro atoms. The molecule has 34 heavy (non-hydrogen) atoms. The van der Waals surface area contributed by atoms with Gasteiger partial charge in [-0.05, 0) is 55.2 Å². The maximum Gasteiger partial charge on any atom is 0.271 e. The number of hydrogen-bond donors (Lipinski definition) is 0. The summed E-state index contributed by atoms with van der Waals surface area (Å²) in [5.74, 6) is 0.0772. The number of aryl methyl sites for hydroxylation is 1. The van der Waals surface area contributed by atoms with E-state index in [9.17, 15) is 14.9 Å². The maximum absolute atomic E-state index is 13.1. The topological polar surface area (TPSA) is 88.9 Å². The lowest BCUT2D eigenvalue weighted by Gasteiger charge is -2.27. The van der Waals surface area contributed by atoms with Gasteiger partial charge in [-0.2, -0.15) is 5.26 Å². The lowest BCUT2D eigenvalue weighted by atomic mass is 9.93. The number of amides is 2. The van der Waals surface area contributed by atoms with Crippen LogP contribution in [-0.4, -0.2) is 44.1 Å². The molecule has 0 aliphatic carbocycles. The second-order valence-electron chi connectivity index (χ2n) is 7.96. The Labute approximate surface area is 199 Å². The van der Waals surface area contributed by atoms with Crippen molar-refractivity contribution in [3.05, 3.63) is 75.9 Å². The number of carbonyl (C=O) groups is 2. The first-order chi connectivity index (χ1) is 16.4. The van der Waals surface area contributed by atoms with Crippen LogP contribution in [0.15, 0.2) is 59.2 Å². The number of imide groups is 1. The Morgan fingerprint density at radius 3 is 2.38 bits per heavy atom. The van der Waals surface area contributed by atoms with E-state index in [1.165, 1.54) is 5.56 Å². The van der Waals surface area contributed by atoms with Crippen LogP contribution in [0.3, 0.4) is 0 Å². The molecule has 0 saturated heterocycles. The molecule has 0 bridgehead atoms. The van der Waals surface area contributed by atoms with Gasteiger partial charge in [0, 0.05) is 25.8 Å². The van der Waals surface area contributed by atoms with Crippen LogP contribution < -0.4 is 9.47 Å². The van der Waals surface area contributed by atoms with Crippen LogP contribution in [-0.2, 0) is 20.9 Å². The highest BCUT2D eigenvalue weighted by Gasteiger charge is 2.35. The van der Waals surface area contributed by atoms with Crippen LogP contribution in [0.5, 0.6) is 11.5 Å². The van der Waals surface area contributed by atoms with Crippen molar-refractivity contribution in [2.24, 2.45) is 0 Å². The highest BCUT2D eigenvalue weighted by atomic mass is 16.5. The number of rotatable bonds is 9. The second kappa shape index (κ2) is 11.3. The van der Waals surface area contributed by atoms with E-state index in [1.807, 2.05) is 37.3 Å². The number of hydrogen-bond acceptors (Lipinski definition) is 6. The van der Waals surface area contributed by atoms with Gasteiger partial charge in [-0.3, -0.25) is 14.5 Å². The van der Waals surface area contributed by atoms with Gasteiger partial charge in [0.1, 0.15) is 18.2 Å². The summed E-state index contributed by atoms with van der Waals surface area (Å²) in [5, 5.41) is 9.52. The molecule has 2 amide bonds. The van der Waals surface area contributed by atoms with Gasteiger partial charge in [0.25, 0.3) is 11.8 Å². The zero-order valence-corrected chi connectivity index (χ0v) is 19.9. The molecule has 0 atom stereocenters. The minimum Gasteiger partial charge on any atom is -0.493 e. The summed E-state index contributed by atoms with van der Waals surface area (Å²) in [6.07, 6.45) is 2.15. The van der Waals surface area contributed by atoms with Crippen molar-refractivity contribution >= 4 is 17.9 Å². The molecule has 3 rings (SSSR count). The summed E-state index contributed by atoms with van der Waals surface area (Å²) in [5.41, 5.74) is 3.52. The lowest BCUT2D eigenvalue weighted by Crippen LogP contribution is -2.43. The zero-order valence-electron chi connectivity index (χ0n) is 19.9. The minimum absolute atomic E-state index is 0.0340. The highest BCUT2D eigenvalue weighted by Crippen LogP contribution is 2.32. The number of ether oxygens (including phenoxy) is 3. The van der Waals surface area contributed by atoms with Crippen molar-refractivity contribution in [2.45, 2.75) is 26.9 Å². The normalized spacial score (nSPS) is 15.0. The van der Waals surface area contributed by atoms with Crippen LogP contribution in [0, 0.1) is 18.3 Å². The number of benzene rings is 2. The summed E-state index contributed by atoms with van der Waals surface area (Å²) < 4.78 is 16.5. The predicted molar refractivity (Wildman–Crippen MR) is 128 cm³/mol. The first kappa shape index (κ1) is 24.7. The van der Waals surface area contributed by atoms with E-state index < -0.39 is 11.8 Å². The van der Waals surface area contributed by atoms with Gasteiger partial charge >= 0.3 is 0 Å². The molecule has 7 heteroatoms. The minimum atomic E-state index is -0.573. The van der Waals surface area contributed by atoms with Crippen molar-refractivity contribution in [2.75, 3.05) is 27.4 Å². The highest BCUT2D eigenvalue weighted by molar-refractivity contribution is 6.19. The van der Waals surface area contributed by atoms with Crippen molar-refractivity contribution in [1.29, 1.82) is 5.26 Å². The molecule has 1 aliphatic heterocycles. The Kier molecular flexibility index (Phi) is 8.23. The average Bonchev–Trinajstić information content (AvgIpc) is 2.84. The van der Waals surface area contributed by atoms with Gasteiger partial charge in [-0.1, -0.05) is 35.9 Å². The smallest absolute Gasteiger partial charge is 0.271 e. The van der Waals surface area contributed by atoms with E-state index in [0.29, 0.717) is 47.8 Å². The molecular formula is C27H28N2O5. The van der Waals surface area contributed by atoms with Crippen molar-refractivity contribution in [1.82, 2.24) is 4.90 Å². The largest absolute Gasteiger partial charge is 0.493 e. The molecule has 2 aromatic carbocycles. The Balaban J connectivity index is 1.88. The van der Waals surface area contributed by atoms with Crippen LogP contribution in [0.4, 0.5) is 0 Å². The van der Waals surface area contributed by atoms with Crippen LogP contribution in [0.25, 0.3) is 6.08 Å². The van der Waals surface area contributed by atoms with Gasteiger partial charge in [0.15, 0.2) is 11.5 Å². The lowest BCUT2D eigenvalue weighted by molar-refractivity contribution is -0.140. The fourth-order valence-corrected chi connectivity index (χ4v) is 3.61. The van der Waals surface area contributed by atoms with Gasteiger partial charge in [-0.15, -0.1) is 0 Å². The zero-order chi connectivity index (χ0) is 24.7. The van der Waals surface area contributed by atoms with Crippen molar-refractivity contribution in [3.8, 4) is 17.6 Å². The molecule has 2 aromatic rings. The molecule has 0 saturated carbocycles. The Bertz CT molecular complexity index is 1170. The molecule has 0 fully saturated rings. The Morgan fingerprint density at radius 2 is 1.74 bits per heavy atom. The second-order valence-corrected chi connectivity index (χ2v) is 7.96. The number of methoxy groups -OCH3 is 2. The van der Waals surface area contributed by atoms with E-state index in [0.717, 1.165) is 10.5 Å². The third kappa shape index (κ3) is 5.53. The molecule has 0 N–H and O–H groups in total. The van der Waals surface area contributed by atoms with Gasteiger partial charge in [0.2, 0.25) is 0 Å². The third-order valence-corrected chi connectivity index (χ3v) is 5.57. The van der Waals surface area contributed by atoms with Crippen LogP contribution in [0.2, 0.25) is 0 Å². The van der Waals surface area contributed by atoms with Crippen LogP contribution >= 0.6 is 0 Å².